The summed E-state index contributed by atoms with van der Waals surface area (Å²) in [6, 6.07) is 9.37. The molecule has 3 rings (SSSR count). The van der Waals surface area contributed by atoms with Crippen LogP contribution in [0.4, 0.5) is 5.69 Å². The highest BCUT2D eigenvalue weighted by atomic mass is 16.2. The first-order chi connectivity index (χ1) is 8.25. The molecule has 1 saturated heterocycles. The van der Waals surface area contributed by atoms with Crippen LogP contribution in [-0.2, 0) is 9.59 Å². The minimum absolute atomic E-state index is 0.0106. The summed E-state index contributed by atoms with van der Waals surface area (Å²) in [6.07, 6.45) is 1.67. The van der Waals surface area contributed by atoms with Gasteiger partial charge in [0.2, 0.25) is 5.91 Å². The second-order valence-corrected chi connectivity index (χ2v) is 4.04. The molecule has 1 aliphatic heterocycles. The predicted octanol–water partition coefficient (Wildman–Crippen LogP) is 1.54. The number of hydrogen-bond acceptors (Lipinski definition) is 3. The third-order valence-electron chi connectivity index (χ3n) is 2.90. The van der Waals surface area contributed by atoms with Crippen LogP contribution < -0.4 is 4.90 Å². The summed E-state index contributed by atoms with van der Waals surface area (Å²) in [5.41, 5.74) is 1.60. The first-order valence-corrected chi connectivity index (χ1v) is 5.41. The summed E-state index contributed by atoms with van der Waals surface area (Å²) >= 11 is 0. The minimum Gasteiger partial charge on any atom is -0.304 e. The smallest absolute Gasteiger partial charge is 0.234 e. The summed E-state index contributed by atoms with van der Waals surface area (Å²) in [4.78, 5) is 28.8. The zero-order chi connectivity index (χ0) is 11.8. The van der Waals surface area contributed by atoms with E-state index in [1.807, 2.05) is 24.3 Å². The van der Waals surface area contributed by atoms with Crippen molar-refractivity contribution in [1.29, 1.82) is 0 Å². The lowest BCUT2D eigenvalue weighted by atomic mass is 10.2. The molecule has 84 valence electrons. The first-order valence-electron chi connectivity index (χ1n) is 5.41. The summed E-state index contributed by atoms with van der Waals surface area (Å²) in [5, 5.41) is 0.901. The van der Waals surface area contributed by atoms with E-state index in [9.17, 15) is 9.59 Å². The molecule has 2 heterocycles. The van der Waals surface area contributed by atoms with Crippen LogP contribution in [0.25, 0.3) is 10.9 Å². The number of hydrogen-bond donors (Lipinski definition) is 0. The Morgan fingerprint density at radius 1 is 1.12 bits per heavy atom. The van der Waals surface area contributed by atoms with Crippen LogP contribution >= 0.6 is 0 Å². The van der Waals surface area contributed by atoms with Crippen molar-refractivity contribution in [3.63, 3.8) is 0 Å². The highest BCUT2D eigenvalue weighted by Gasteiger charge is 2.29. The number of carbonyl (C=O) groups is 2. The number of rotatable bonds is 1. The minimum atomic E-state index is -0.133. The zero-order valence-electron chi connectivity index (χ0n) is 9.09. The second kappa shape index (κ2) is 3.66. The molecular formula is C13H10N2O2. The lowest BCUT2D eigenvalue weighted by Crippen LogP contribution is -2.24. The van der Waals surface area contributed by atoms with Gasteiger partial charge in [0.1, 0.15) is 0 Å². The fourth-order valence-corrected chi connectivity index (χ4v) is 2.12. The molecule has 1 amide bonds. The van der Waals surface area contributed by atoms with Gasteiger partial charge in [-0.05, 0) is 12.1 Å². The molecule has 0 unspecified atom stereocenters. The largest absolute Gasteiger partial charge is 0.304 e. The molecule has 0 spiro atoms. The van der Waals surface area contributed by atoms with Crippen LogP contribution in [-0.4, -0.2) is 23.2 Å². The van der Waals surface area contributed by atoms with Gasteiger partial charge in [-0.15, -0.1) is 0 Å². The zero-order valence-corrected chi connectivity index (χ0v) is 9.09. The van der Waals surface area contributed by atoms with E-state index in [1.54, 1.807) is 12.3 Å². The van der Waals surface area contributed by atoms with Crippen molar-refractivity contribution in [3.05, 3.63) is 36.5 Å². The van der Waals surface area contributed by atoms with Gasteiger partial charge in [0, 0.05) is 11.6 Å². The third kappa shape index (κ3) is 1.58. The fourth-order valence-electron chi connectivity index (χ4n) is 2.12. The summed E-state index contributed by atoms with van der Waals surface area (Å²) in [6.45, 7) is 0.173. The van der Waals surface area contributed by atoms with Gasteiger partial charge in [-0.2, -0.15) is 0 Å². The van der Waals surface area contributed by atoms with E-state index in [0.29, 0.717) is 0 Å². The number of para-hydroxylation sites is 1. The van der Waals surface area contributed by atoms with Gasteiger partial charge >= 0.3 is 0 Å². The lowest BCUT2D eigenvalue weighted by Gasteiger charge is -2.16. The number of amides is 1. The van der Waals surface area contributed by atoms with E-state index < -0.39 is 0 Å². The van der Waals surface area contributed by atoms with Crippen molar-refractivity contribution in [2.45, 2.75) is 6.42 Å². The molecule has 0 N–H and O–H groups in total. The maximum Gasteiger partial charge on any atom is 0.234 e. The van der Waals surface area contributed by atoms with Gasteiger partial charge in [0.15, 0.2) is 5.78 Å². The molecule has 0 bridgehead atoms. The van der Waals surface area contributed by atoms with Crippen LogP contribution in [0.1, 0.15) is 6.42 Å². The van der Waals surface area contributed by atoms with E-state index in [1.165, 1.54) is 4.90 Å². The van der Waals surface area contributed by atoms with Gasteiger partial charge < -0.3 is 4.90 Å². The molecule has 0 saturated carbocycles. The number of benzene rings is 1. The Kier molecular flexibility index (Phi) is 2.14. The standard InChI is InChI=1S/C13H10N2O2/c16-9-7-13(17)15(8-9)12-5-6-14-11-4-2-1-3-10(11)12/h1-6H,7-8H2. The molecular weight excluding hydrogens is 216 g/mol. The number of aromatic nitrogens is 1. The van der Waals surface area contributed by atoms with Gasteiger partial charge in [0.05, 0.1) is 24.2 Å². The Bertz CT molecular complexity index is 616. The topological polar surface area (TPSA) is 50.3 Å². The average molecular weight is 226 g/mol. The van der Waals surface area contributed by atoms with Crippen LogP contribution in [0.3, 0.4) is 0 Å². The Labute approximate surface area is 97.9 Å². The van der Waals surface area contributed by atoms with Crippen LogP contribution in [0.15, 0.2) is 36.5 Å². The maximum atomic E-state index is 11.7. The third-order valence-corrected chi connectivity index (χ3v) is 2.90. The summed E-state index contributed by atoms with van der Waals surface area (Å²) in [5.74, 6) is -0.165. The Hall–Kier alpha value is -2.23. The second-order valence-electron chi connectivity index (χ2n) is 4.04. The van der Waals surface area contributed by atoms with E-state index in [2.05, 4.69) is 4.98 Å². The predicted molar refractivity (Wildman–Crippen MR) is 63.7 cm³/mol. The van der Waals surface area contributed by atoms with Gasteiger partial charge in [-0.3, -0.25) is 14.6 Å². The van der Waals surface area contributed by atoms with E-state index in [0.717, 1.165) is 16.6 Å². The van der Waals surface area contributed by atoms with Crippen molar-refractivity contribution >= 4 is 28.3 Å². The molecule has 1 aromatic carbocycles. The molecule has 0 atom stereocenters. The van der Waals surface area contributed by atoms with Crippen molar-refractivity contribution in [2.24, 2.45) is 0 Å². The average Bonchev–Trinajstić information content (AvgIpc) is 2.68. The van der Waals surface area contributed by atoms with Crippen molar-refractivity contribution in [3.8, 4) is 0 Å². The molecule has 17 heavy (non-hydrogen) atoms. The summed E-state index contributed by atoms with van der Waals surface area (Å²) in [7, 11) is 0. The SMILES string of the molecule is O=C1CC(=O)N(c2ccnc3ccccc23)C1. The molecule has 0 aliphatic carbocycles. The van der Waals surface area contributed by atoms with Crippen LogP contribution in [0.2, 0.25) is 0 Å². The Morgan fingerprint density at radius 3 is 2.71 bits per heavy atom. The Morgan fingerprint density at radius 2 is 1.94 bits per heavy atom. The van der Waals surface area contributed by atoms with E-state index >= 15 is 0 Å². The van der Waals surface area contributed by atoms with Crippen molar-refractivity contribution in [1.82, 2.24) is 4.98 Å². The van der Waals surface area contributed by atoms with Crippen molar-refractivity contribution in [2.75, 3.05) is 11.4 Å². The number of nitrogens with zero attached hydrogens (tertiary/aromatic N) is 2. The highest BCUT2D eigenvalue weighted by molar-refractivity contribution is 6.17. The molecule has 4 heteroatoms. The Balaban J connectivity index is 2.17. The first kappa shape index (κ1) is 9.96. The quantitative estimate of drug-likeness (QED) is 0.693. The lowest BCUT2D eigenvalue weighted by molar-refractivity contribution is -0.121. The van der Waals surface area contributed by atoms with Gasteiger partial charge in [-0.1, -0.05) is 18.2 Å². The van der Waals surface area contributed by atoms with Crippen molar-refractivity contribution < 1.29 is 9.59 Å². The normalized spacial score (nSPS) is 15.9. The molecule has 1 fully saturated rings. The van der Waals surface area contributed by atoms with Gasteiger partial charge in [-0.25, -0.2) is 0 Å². The highest BCUT2D eigenvalue weighted by Crippen LogP contribution is 2.27. The molecule has 1 aromatic heterocycles. The maximum absolute atomic E-state index is 11.7. The molecule has 0 radical (unpaired) electrons. The number of Topliss-reactive ketones (excluding diaryl/α,β-unsaturated/α-hetero) is 1. The number of anilines is 1. The van der Waals surface area contributed by atoms with Crippen LogP contribution in [0.5, 0.6) is 0 Å². The monoisotopic (exact) mass is 226 g/mol. The fraction of sp³-hybridized carbons (Fsp3) is 0.154. The molecule has 2 aromatic rings. The number of carbonyl (C=O) groups excluding carboxylic acids is 2. The molecule has 1 aliphatic rings. The number of ketones is 1. The van der Waals surface area contributed by atoms with E-state index in [4.69, 9.17) is 0 Å². The van der Waals surface area contributed by atoms with Gasteiger partial charge in [0.25, 0.3) is 0 Å². The van der Waals surface area contributed by atoms with E-state index in [-0.39, 0.29) is 24.7 Å². The number of pyridine rings is 1. The summed E-state index contributed by atoms with van der Waals surface area (Å²) < 4.78 is 0. The number of fused-ring (bicyclic) bond motifs is 1. The molecule has 4 nitrogen and oxygen atoms in total. The van der Waals surface area contributed by atoms with Crippen LogP contribution in [0, 0.1) is 0 Å².